The highest BCUT2D eigenvalue weighted by Gasteiger charge is 2.15. The van der Waals surface area contributed by atoms with Gasteiger partial charge in [0.05, 0.1) is 17.4 Å². The number of aromatic carboxylic acids is 1. The van der Waals surface area contributed by atoms with Crippen molar-refractivity contribution in [2.45, 2.75) is 0 Å². The molecular formula is C11H7N3O2. The monoisotopic (exact) mass is 213 g/mol. The molecule has 16 heavy (non-hydrogen) atoms. The molecule has 5 heteroatoms. The molecule has 0 amide bonds. The number of aromatic amines is 1. The second-order valence-corrected chi connectivity index (χ2v) is 3.41. The van der Waals surface area contributed by atoms with Crippen LogP contribution in [0.15, 0.2) is 30.6 Å². The van der Waals surface area contributed by atoms with E-state index in [4.69, 9.17) is 5.11 Å². The summed E-state index contributed by atoms with van der Waals surface area (Å²) in [5.74, 6) is -1.06. The minimum atomic E-state index is -1.06. The second-order valence-electron chi connectivity index (χ2n) is 3.41. The summed E-state index contributed by atoms with van der Waals surface area (Å²) in [4.78, 5) is 22.1. The molecule has 0 spiro atoms. The molecule has 2 aromatic heterocycles. The molecule has 5 nitrogen and oxygen atoms in total. The molecule has 2 N–H and O–H groups in total. The average molecular weight is 213 g/mol. The van der Waals surface area contributed by atoms with Crippen LogP contribution in [-0.2, 0) is 0 Å². The van der Waals surface area contributed by atoms with Crippen molar-refractivity contribution in [3.05, 3.63) is 36.3 Å². The molecular weight excluding hydrogens is 206 g/mol. The van der Waals surface area contributed by atoms with Crippen molar-refractivity contribution in [1.82, 2.24) is 15.0 Å². The molecule has 78 valence electrons. The number of benzene rings is 1. The van der Waals surface area contributed by atoms with E-state index in [1.807, 2.05) is 18.2 Å². The number of hydrogen-bond acceptors (Lipinski definition) is 3. The van der Waals surface area contributed by atoms with Gasteiger partial charge in [0.15, 0.2) is 5.69 Å². The Balaban J connectivity index is 2.58. The number of para-hydroxylation sites is 1. The van der Waals surface area contributed by atoms with Gasteiger partial charge in [-0.25, -0.2) is 14.8 Å². The summed E-state index contributed by atoms with van der Waals surface area (Å²) in [6.07, 6.45) is 1.48. The standard InChI is InChI=1S/C11H7N3O2/c15-11(16)10-9-8(12-5-13-9)6-3-1-2-4-7(6)14-10/h1-5H,(H,12,13)(H,15,16). The number of fused-ring (bicyclic) bond motifs is 3. The second kappa shape index (κ2) is 3.03. The smallest absolute Gasteiger partial charge is 0.356 e. The van der Waals surface area contributed by atoms with Gasteiger partial charge in [-0.05, 0) is 6.07 Å². The van der Waals surface area contributed by atoms with Crippen molar-refractivity contribution in [3.8, 4) is 0 Å². The number of H-pyrrole nitrogens is 1. The Morgan fingerprint density at radius 2 is 2.12 bits per heavy atom. The summed E-state index contributed by atoms with van der Waals surface area (Å²) in [6.45, 7) is 0. The van der Waals surface area contributed by atoms with Crippen molar-refractivity contribution in [2.24, 2.45) is 0 Å². The van der Waals surface area contributed by atoms with Crippen molar-refractivity contribution >= 4 is 27.9 Å². The lowest BCUT2D eigenvalue weighted by Gasteiger charge is -2.01. The van der Waals surface area contributed by atoms with Crippen LogP contribution < -0.4 is 0 Å². The largest absolute Gasteiger partial charge is 0.476 e. The number of imidazole rings is 1. The number of aromatic nitrogens is 3. The first-order valence-electron chi connectivity index (χ1n) is 4.72. The fourth-order valence-corrected chi connectivity index (χ4v) is 1.78. The predicted octanol–water partition coefficient (Wildman–Crippen LogP) is 1.81. The molecule has 0 saturated carbocycles. The van der Waals surface area contributed by atoms with Crippen molar-refractivity contribution in [2.75, 3.05) is 0 Å². The number of pyridine rings is 1. The quantitative estimate of drug-likeness (QED) is 0.646. The van der Waals surface area contributed by atoms with Crippen molar-refractivity contribution in [1.29, 1.82) is 0 Å². The maximum atomic E-state index is 11.0. The van der Waals surface area contributed by atoms with Crippen LogP contribution in [0.2, 0.25) is 0 Å². The van der Waals surface area contributed by atoms with E-state index in [-0.39, 0.29) is 5.69 Å². The maximum Gasteiger partial charge on any atom is 0.356 e. The van der Waals surface area contributed by atoms with E-state index in [1.165, 1.54) is 6.33 Å². The van der Waals surface area contributed by atoms with Crippen molar-refractivity contribution in [3.63, 3.8) is 0 Å². The lowest BCUT2D eigenvalue weighted by Crippen LogP contribution is -2.02. The number of hydrogen-bond donors (Lipinski definition) is 2. The molecule has 0 saturated heterocycles. The zero-order valence-electron chi connectivity index (χ0n) is 8.14. The van der Waals surface area contributed by atoms with E-state index in [2.05, 4.69) is 15.0 Å². The van der Waals surface area contributed by atoms with E-state index in [9.17, 15) is 4.79 Å². The third kappa shape index (κ3) is 1.08. The van der Waals surface area contributed by atoms with Gasteiger partial charge in [-0.1, -0.05) is 18.2 Å². The van der Waals surface area contributed by atoms with Crippen LogP contribution in [0.1, 0.15) is 10.5 Å². The Morgan fingerprint density at radius 3 is 2.94 bits per heavy atom. The van der Waals surface area contributed by atoms with Gasteiger partial charge >= 0.3 is 5.97 Å². The molecule has 0 bridgehead atoms. The highest BCUT2D eigenvalue weighted by molar-refractivity contribution is 6.09. The average Bonchev–Trinajstić information content (AvgIpc) is 2.76. The summed E-state index contributed by atoms with van der Waals surface area (Å²) >= 11 is 0. The summed E-state index contributed by atoms with van der Waals surface area (Å²) in [5, 5.41) is 9.90. The Bertz CT molecular complexity index is 703. The Hall–Kier alpha value is -2.43. The van der Waals surface area contributed by atoms with Gasteiger partial charge in [0.25, 0.3) is 0 Å². The third-order valence-electron chi connectivity index (χ3n) is 2.47. The first-order valence-corrected chi connectivity index (χ1v) is 4.72. The van der Waals surface area contributed by atoms with Crippen LogP contribution in [-0.4, -0.2) is 26.0 Å². The zero-order chi connectivity index (χ0) is 11.1. The van der Waals surface area contributed by atoms with Crippen LogP contribution in [0, 0.1) is 0 Å². The van der Waals surface area contributed by atoms with Crippen LogP contribution in [0.25, 0.3) is 21.9 Å². The normalized spacial score (nSPS) is 11.0. The van der Waals surface area contributed by atoms with Gasteiger partial charge in [0.2, 0.25) is 0 Å². The number of carbonyl (C=O) groups is 1. The molecule has 0 aliphatic carbocycles. The molecule has 0 fully saturated rings. The maximum absolute atomic E-state index is 11.0. The predicted molar refractivity (Wildman–Crippen MR) is 58.4 cm³/mol. The molecule has 1 aromatic carbocycles. The number of nitrogens with one attached hydrogen (secondary N) is 1. The van der Waals surface area contributed by atoms with Gasteiger partial charge in [0, 0.05) is 5.39 Å². The molecule has 2 heterocycles. The molecule has 3 rings (SSSR count). The summed E-state index contributed by atoms with van der Waals surface area (Å²) < 4.78 is 0. The highest BCUT2D eigenvalue weighted by Crippen LogP contribution is 2.23. The Labute approximate surface area is 89.8 Å². The van der Waals surface area contributed by atoms with Crippen molar-refractivity contribution < 1.29 is 9.90 Å². The van der Waals surface area contributed by atoms with Gasteiger partial charge in [-0.3, -0.25) is 0 Å². The molecule has 3 aromatic rings. The summed E-state index contributed by atoms with van der Waals surface area (Å²) in [6, 6.07) is 7.34. The number of rotatable bonds is 1. The molecule has 0 radical (unpaired) electrons. The van der Waals surface area contributed by atoms with Crippen LogP contribution in [0.3, 0.4) is 0 Å². The Morgan fingerprint density at radius 1 is 1.31 bits per heavy atom. The first-order chi connectivity index (χ1) is 7.77. The minimum absolute atomic E-state index is 0.00574. The minimum Gasteiger partial charge on any atom is -0.476 e. The van der Waals surface area contributed by atoms with Crippen LogP contribution >= 0.6 is 0 Å². The Kier molecular flexibility index (Phi) is 1.67. The lowest BCUT2D eigenvalue weighted by atomic mass is 10.1. The first kappa shape index (κ1) is 8.84. The molecule has 0 aliphatic rings. The number of carboxylic acids is 1. The summed E-state index contributed by atoms with van der Waals surface area (Å²) in [7, 11) is 0. The fraction of sp³-hybridized carbons (Fsp3) is 0. The fourth-order valence-electron chi connectivity index (χ4n) is 1.78. The third-order valence-corrected chi connectivity index (χ3v) is 2.47. The lowest BCUT2D eigenvalue weighted by molar-refractivity contribution is 0.0693. The van der Waals surface area contributed by atoms with E-state index in [0.29, 0.717) is 16.6 Å². The van der Waals surface area contributed by atoms with Crippen LogP contribution in [0.4, 0.5) is 0 Å². The zero-order valence-corrected chi connectivity index (χ0v) is 8.14. The molecule has 0 unspecified atom stereocenters. The van der Waals surface area contributed by atoms with Crippen LogP contribution in [0.5, 0.6) is 0 Å². The van der Waals surface area contributed by atoms with Gasteiger partial charge in [-0.15, -0.1) is 0 Å². The number of carboxylic acid groups (broad SMARTS) is 1. The van der Waals surface area contributed by atoms with Gasteiger partial charge in [0.1, 0.15) is 5.52 Å². The number of nitrogens with zero attached hydrogens (tertiary/aromatic N) is 2. The summed E-state index contributed by atoms with van der Waals surface area (Å²) in [5.41, 5.74) is 1.75. The molecule has 0 atom stereocenters. The van der Waals surface area contributed by atoms with E-state index < -0.39 is 5.97 Å². The highest BCUT2D eigenvalue weighted by atomic mass is 16.4. The SMILES string of the molecule is O=C(O)c1nc2ccccc2c2nc[nH]c12. The van der Waals surface area contributed by atoms with Gasteiger partial charge in [-0.2, -0.15) is 0 Å². The van der Waals surface area contributed by atoms with E-state index in [1.54, 1.807) is 6.07 Å². The van der Waals surface area contributed by atoms with E-state index >= 15 is 0 Å². The van der Waals surface area contributed by atoms with Gasteiger partial charge < -0.3 is 10.1 Å². The topological polar surface area (TPSA) is 78.9 Å². The molecule has 0 aliphatic heterocycles. The van der Waals surface area contributed by atoms with E-state index in [0.717, 1.165) is 5.39 Å².